The van der Waals surface area contributed by atoms with Gasteiger partial charge in [0.2, 0.25) is 0 Å². The molecule has 0 saturated carbocycles. The Morgan fingerprint density at radius 2 is 1.83 bits per heavy atom. The summed E-state index contributed by atoms with van der Waals surface area (Å²) in [6, 6.07) is 17.7. The highest BCUT2D eigenvalue weighted by Crippen LogP contribution is 2.37. The van der Waals surface area contributed by atoms with Gasteiger partial charge in [-0.15, -0.1) is 11.3 Å². The van der Waals surface area contributed by atoms with E-state index in [2.05, 4.69) is 52.9 Å². The van der Waals surface area contributed by atoms with Crippen molar-refractivity contribution in [3.63, 3.8) is 0 Å². The van der Waals surface area contributed by atoms with E-state index in [1.807, 2.05) is 26.0 Å². The third kappa shape index (κ3) is 4.44. The van der Waals surface area contributed by atoms with Gasteiger partial charge in [-0.05, 0) is 62.2 Å². The molecule has 0 aliphatic rings. The number of anilines is 2. The summed E-state index contributed by atoms with van der Waals surface area (Å²) in [4.78, 5) is 18.2. The van der Waals surface area contributed by atoms with Crippen molar-refractivity contribution in [2.24, 2.45) is 0 Å². The Hall–Kier alpha value is -3.38. The van der Waals surface area contributed by atoms with E-state index < -0.39 is 0 Å². The van der Waals surface area contributed by atoms with Crippen LogP contribution in [0.15, 0.2) is 71.5 Å². The highest BCUT2D eigenvalue weighted by Gasteiger charge is 2.22. The minimum Gasteiger partial charge on any atom is -0.459 e. The van der Waals surface area contributed by atoms with Gasteiger partial charge in [0.25, 0.3) is 5.91 Å². The van der Waals surface area contributed by atoms with Crippen LogP contribution in [0.1, 0.15) is 43.7 Å². The zero-order chi connectivity index (χ0) is 21.1. The molecule has 3 aromatic heterocycles. The number of nitrogens with one attached hydrogen (secondary N) is 2. The maximum atomic E-state index is 12.6. The minimum absolute atomic E-state index is 0.170. The normalized spacial score (nSPS) is 11.8. The Labute approximate surface area is 179 Å². The van der Waals surface area contributed by atoms with Crippen LogP contribution in [0.2, 0.25) is 0 Å². The van der Waals surface area contributed by atoms with Gasteiger partial charge in [0.15, 0.2) is 5.76 Å². The van der Waals surface area contributed by atoms with Crippen LogP contribution < -0.4 is 10.6 Å². The number of rotatable bonds is 6. The SMILES string of the molecule is Cc1ccc(C(Nc2cc(C)ccn2)c2cc(C)sc2NC(=O)c2ccco2)cc1. The number of aromatic nitrogens is 1. The lowest BCUT2D eigenvalue weighted by Gasteiger charge is -2.21. The number of thiophene rings is 1. The molecule has 4 aromatic rings. The summed E-state index contributed by atoms with van der Waals surface area (Å²) >= 11 is 1.55. The van der Waals surface area contributed by atoms with Crippen molar-refractivity contribution in [3.8, 4) is 0 Å². The van der Waals surface area contributed by atoms with E-state index in [9.17, 15) is 4.79 Å². The van der Waals surface area contributed by atoms with Crippen LogP contribution in [-0.4, -0.2) is 10.9 Å². The van der Waals surface area contributed by atoms with Crippen LogP contribution in [0.3, 0.4) is 0 Å². The molecule has 1 amide bonds. The van der Waals surface area contributed by atoms with Gasteiger partial charge in [0.1, 0.15) is 10.8 Å². The highest BCUT2D eigenvalue weighted by atomic mass is 32.1. The Balaban J connectivity index is 1.73. The van der Waals surface area contributed by atoms with Crippen molar-refractivity contribution >= 4 is 28.1 Å². The second kappa shape index (κ2) is 8.55. The summed E-state index contributed by atoms with van der Waals surface area (Å²) in [5.41, 5.74) is 4.40. The maximum absolute atomic E-state index is 12.6. The van der Waals surface area contributed by atoms with Crippen LogP contribution in [-0.2, 0) is 0 Å². The van der Waals surface area contributed by atoms with Gasteiger partial charge in [-0.1, -0.05) is 29.8 Å². The Morgan fingerprint density at radius 1 is 1.03 bits per heavy atom. The number of pyridine rings is 1. The predicted octanol–water partition coefficient (Wildman–Crippen LogP) is 6.12. The maximum Gasteiger partial charge on any atom is 0.291 e. The third-order valence-corrected chi connectivity index (χ3v) is 5.77. The van der Waals surface area contributed by atoms with Crippen molar-refractivity contribution in [1.29, 1.82) is 0 Å². The smallest absolute Gasteiger partial charge is 0.291 e. The Bertz CT molecular complexity index is 1150. The van der Waals surface area contributed by atoms with E-state index in [4.69, 9.17) is 4.42 Å². The molecule has 0 saturated heterocycles. The van der Waals surface area contributed by atoms with E-state index in [0.29, 0.717) is 0 Å². The lowest BCUT2D eigenvalue weighted by Crippen LogP contribution is -2.17. The van der Waals surface area contributed by atoms with Crippen molar-refractivity contribution in [2.75, 3.05) is 10.6 Å². The number of benzene rings is 1. The number of hydrogen-bond donors (Lipinski definition) is 2. The van der Waals surface area contributed by atoms with Crippen molar-refractivity contribution in [1.82, 2.24) is 4.98 Å². The van der Waals surface area contributed by atoms with Gasteiger partial charge in [-0.3, -0.25) is 4.79 Å². The van der Waals surface area contributed by atoms with Gasteiger partial charge in [0, 0.05) is 16.6 Å². The molecule has 1 aromatic carbocycles. The molecule has 1 unspecified atom stereocenters. The molecule has 0 radical (unpaired) electrons. The molecule has 6 heteroatoms. The van der Waals surface area contributed by atoms with E-state index in [-0.39, 0.29) is 17.7 Å². The Kier molecular flexibility index (Phi) is 5.68. The molecule has 2 N–H and O–H groups in total. The van der Waals surface area contributed by atoms with Crippen LogP contribution in [0, 0.1) is 20.8 Å². The second-order valence-corrected chi connectivity index (χ2v) is 8.54. The molecule has 1 atom stereocenters. The van der Waals surface area contributed by atoms with Crippen molar-refractivity contribution in [3.05, 3.63) is 99.9 Å². The summed E-state index contributed by atoms with van der Waals surface area (Å²) in [7, 11) is 0. The quantitative estimate of drug-likeness (QED) is 0.397. The summed E-state index contributed by atoms with van der Waals surface area (Å²) in [5.74, 6) is 0.805. The molecule has 0 aliphatic heterocycles. The average Bonchev–Trinajstić information content (AvgIpc) is 3.37. The van der Waals surface area contributed by atoms with Gasteiger partial charge >= 0.3 is 0 Å². The lowest BCUT2D eigenvalue weighted by atomic mass is 9.99. The minimum atomic E-state index is -0.264. The fourth-order valence-corrected chi connectivity index (χ4v) is 4.23. The van der Waals surface area contributed by atoms with Gasteiger partial charge in [0.05, 0.1) is 12.3 Å². The van der Waals surface area contributed by atoms with Crippen molar-refractivity contribution < 1.29 is 9.21 Å². The molecule has 5 nitrogen and oxygen atoms in total. The second-order valence-electron chi connectivity index (χ2n) is 7.28. The first-order valence-corrected chi connectivity index (χ1v) is 10.5. The molecular weight excluding hydrogens is 394 g/mol. The first kappa shape index (κ1) is 19.9. The van der Waals surface area contributed by atoms with Gasteiger partial charge in [-0.2, -0.15) is 0 Å². The summed E-state index contributed by atoms with van der Waals surface area (Å²) in [6.45, 7) is 6.14. The number of carbonyl (C=O) groups is 1. The van der Waals surface area contributed by atoms with Crippen LogP contribution in [0.5, 0.6) is 0 Å². The molecule has 0 bridgehead atoms. The summed E-state index contributed by atoms with van der Waals surface area (Å²) < 4.78 is 5.25. The number of aryl methyl sites for hydroxylation is 3. The van der Waals surface area contributed by atoms with Crippen LogP contribution in [0.25, 0.3) is 0 Å². The molecule has 0 aliphatic carbocycles. The topological polar surface area (TPSA) is 67.2 Å². The molecule has 30 heavy (non-hydrogen) atoms. The molecular formula is C24H23N3O2S. The molecule has 0 fully saturated rings. The largest absolute Gasteiger partial charge is 0.459 e. The fraction of sp³-hybridized carbons (Fsp3) is 0.167. The highest BCUT2D eigenvalue weighted by molar-refractivity contribution is 7.16. The average molecular weight is 418 g/mol. The number of amides is 1. The van der Waals surface area contributed by atoms with Crippen LogP contribution >= 0.6 is 11.3 Å². The zero-order valence-corrected chi connectivity index (χ0v) is 17.9. The first-order chi connectivity index (χ1) is 14.5. The fourth-order valence-electron chi connectivity index (χ4n) is 3.28. The standard InChI is InChI=1S/C24H23N3O2S/c1-15-6-8-18(9-7-15)22(26-21-13-16(2)10-11-25-21)19-14-17(3)30-24(19)27-23(28)20-5-4-12-29-20/h4-14,22H,1-3H3,(H,25,26)(H,27,28). The number of hydrogen-bond acceptors (Lipinski definition) is 5. The number of nitrogens with zero attached hydrogens (tertiary/aromatic N) is 1. The van der Waals surface area contributed by atoms with E-state index >= 15 is 0 Å². The van der Waals surface area contributed by atoms with Crippen LogP contribution in [0.4, 0.5) is 10.8 Å². The Morgan fingerprint density at radius 3 is 2.53 bits per heavy atom. The third-order valence-electron chi connectivity index (χ3n) is 4.79. The first-order valence-electron chi connectivity index (χ1n) is 9.70. The van der Waals surface area contributed by atoms with Gasteiger partial charge in [-0.25, -0.2) is 4.98 Å². The van der Waals surface area contributed by atoms with Gasteiger partial charge < -0.3 is 15.1 Å². The number of furan rings is 1. The van der Waals surface area contributed by atoms with E-state index in [1.54, 1.807) is 29.7 Å². The molecule has 0 spiro atoms. The number of carbonyl (C=O) groups excluding carboxylic acids is 1. The van der Waals surface area contributed by atoms with E-state index in [1.165, 1.54) is 11.8 Å². The van der Waals surface area contributed by atoms with Crippen molar-refractivity contribution in [2.45, 2.75) is 26.8 Å². The summed E-state index contributed by atoms with van der Waals surface area (Å²) in [5, 5.41) is 7.36. The monoisotopic (exact) mass is 417 g/mol. The molecule has 152 valence electrons. The predicted molar refractivity (Wildman–Crippen MR) is 121 cm³/mol. The molecule has 3 heterocycles. The molecule has 4 rings (SSSR count). The lowest BCUT2D eigenvalue weighted by molar-refractivity contribution is 0.0997. The summed E-state index contributed by atoms with van der Waals surface area (Å²) in [6.07, 6.45) is 3.29. The zero-order valence-electron chi connectivity index (χ0n) is 17.1. The van der Waals surface area contributed by atoms with E-state index in [0.717, 1.165) is 32.4 Å².